The number of ether oxygens (including phenoxy) is 1. The molecule has 6 nitrogen and oxygen atoms in total. The molecule has 1 aromatic carbocycles. The van der Waals surface area contributed by atoms with Gasteiger partial charge in [-0.05, 0) is 38.3 Å². The Morgan fingerprint density at radius 2 is 1.96 bits per heavy atom. The van der Waals surface area contributed by atoms with Crippen molar-refractivity contribution >= 4 is 11.6 Å². The SMILES string of the molecule is CCNC(=NCC(C)N1CCOCC1)NCC1CCN(c2ccccc2)C1. The largest absolute Gasteiger partial charge is 0.379 e. The first-order chi connectivity index (χ1) is 13.3. The van der Waals surface area contributed by atoms with Crippen molar-refractivity contribution in [3.05, 3.63) is 30.3 Å². The molecule has 2 atom stereocenters. The van der Waals surface area contributed by atoms with E-state index in [0.29, 0.717) is 12.0 Å². The molecule has 1 aromatic rings. The fraction of sp³-hybridized carbons (Fsp3) is 0.667. The number of nitrogens with one attached hydrogen (secondary N) is 2. The molecule has 0 amide bonds. The highest BCUT2D eigenvalue weighted by molar-refractivity contribution is 5.79. The molecule has 27 heavy (non-hydrogen) atoms. The highest BCUT2D eigenvalue weighted by Crippen LogP contribution is 2.22. The summed E-state index contributed by atoms with van der Waals surface area (Å²) in [6.45, 7) is 13.0. The van der Waals surface area contributed by atoms with Crippen LogP contribution in [0.2, 0.25) is 0 Å². The monoisotopic (exact) mass is 373 g/mol. The molecular weight excluding hydrogens is 338 g/mol. The van der Waals surface area contributed by atoms with Crippen LogP contribution in [0.1, 0.15) is 20.3 Å². The first kappa shape index (κ1) is 20.0. The van der Waals surface area contributed by atoms with E-state index in [1.54, 1.807) is 0 Å². The van der Waals surface area contributed by atoms with Crippen LogP contribution in [0.15, 0.2) is 35.3 Å². The molecule has 0 bridgehead atoms. The summed E-state index contributed by atoms with van der Waals surface area (Å²) in [6, 6.07) is 11.2. The Labute approximate surface area is 164 Å². The fourth-order valence-electron chi connectivity index (χ4n) is 3.81. The molecule has 0 aromatic heterocycles. The Morgan fingerprint density at radius 1 is 1.19 bits per heavy atom. The second-order valence-corrected chi connectivity index (χ2v) is 7.53. The molecule has 2 aliphatic heterocycles. The highest BCUT2D eigenvalue weighted by Gasteiger charge is 2.23. The smallest absolute Gasteiger partial charge is 0.191 e. The predicted molar refractivity (Wildman–Crippen MR) is 113 cm³/mol. The topological polar surface area (TPSA) is 52.1 Å². The summed E-state index contributed by atoms with van der Waals surface area (Å²) in [7, 11) is 0. The maximum Gasteiger partial charge on any atom is 0.191 e. The molecule has 6 heteroatoms. The van der Waals surface area contributed by atoms with Crippen LogP contribution >= 0.6 is 0 Å². The number of para-hydroxylation sites is 1. The van der Waals surface area contributed by atoms with Gasteiger partial charge >= 0.3 is 0 Å². The minimum Gasteiger partial charge on any atom is -0.379 e. The Bertz CT molecular complexity index is 573. The number of anilines is 1. The molecule has 0 spiro atoms. The van der Waals surface area contributed by atoms with Gasteiger partial charge in [-0.25, -0.2) is 0 Å². The van der Waals surface area contributed by atoms with Crippen LogP contribution < -0.4 is 15.5 Å². The normalized spacial score (nSPS) is 22.7. The molecule has 0 radical (unpaired) electrons. The molecule has 0 aliphatic carbocycles. The third-order valence-electron chi connectivity index (χ3n) is 5.49. The number of nitrogens with zero attached hydrogens (tertiary/aromatic N) is 3. The third-order valence-corrected chi connectivity index (χ3v) is 5.49. The van der Waals surface area contributed by atoms with Crippen LogP contribution in [0.5, 0.6) is 0 Å². The molecular formula is C21H35N5O. The van der Waals surface area contributed by atoms with Crippen molar-refractivity contribution in [3.8, 4) is 0 Å². The quantitative estimate of drug-likeness (QED) is 0.564. The highest BCUT2D eigenvalue weighted by atomic mass is 16.5. The first-order valence-electron chi connectivity index (χ1n) is 10.4. The molecule has 150 valence electrons. The third kappa shape index (κ3) is 6.11. The van der Waals surface area contributed by atoms with Gasteiger partial charge in [0.15, 0.2) is 5.96 Å². The van der Waals surface area contributed by atoms with Gasteiger partial charge in [0.25, 0.3) is 0 Å². The summed E-state index contributed by atoms with van der Waals surface area (Å²) in [5, 5.41) is 6.95. The fourth-order valence-corrected chi connectivity index (χ4v) is 3.81. The van der Waals surface area contributed by atoms with E-state index in [1.807, 2.05) is 0 Å². The zero-order valence-electron chi connectivity index (χ0n) is 16.9. The van der Waals surface area contributed by atoms with E-state index in [4.69, 9.17) is 9.73 Å². The van der Waals surface area contributed by atoms with E-state index in [9.17, 15) is 0 Å². The first-order valence-corrected chi connectivity index (χ1v) is 10.4. The standard InChI is InChI=1S/C21H35N5O/c1-3-22-21(23-15-18(2)25-11-13-27-14-12-25)24-16-19-9-10-26(17-19)20-7-5-4-6-8-20/h4-8,18-19H,3,9-17H2,1-2H3,(H2,22,23,24). The van der Waals surface area contributed by atoms with Crippen molar-refractivity contribution in [1.29, 1.82) is 0 Å². The van der Waals surface area contributed by atoms with E-state index >= 15 is 0 Å². The molecule has 2 unspecified atom stereocenters. The summed E-state index contributed by atoms with van der Waals surface area (Å²) < 4.78 is 5.44. The lowest BCUT2D eigenvalue weighted by Crippen LogP contribution is -2.45. The average Bonchev–Trinajstić information content (AvgIpc) is 3.20. The van der Waals surface area contributed by atoms with E-state index in [-0.39, 0.29) is 0 Å². The van der Waals surface area contributed by atoms with E-state index in [2.05, 4.69) is 64.6 Å². The minimum absolute atomic E-state index is 0.449. The summed E-state index contributed by atoms with van der Waals surface area (Å²) in [6.07, 6.45) is 1.23. The van der Waals surface area contributed by atoms with Crippen molar-refractivity contribution in [2.24, 2.45) is 10.9 Å². The maximum atomic E-state index is 5.44. The number of guanidine groups is 1. The molecule has 2 heterocycles. The van der Waals surface area contributed by atoms with E-state index < -0.39 is 0 Å². The van der Waals surface area contributed by atoms with E-state index in [0.717, 1.165) is 65.0 Å². The van der Waals surface area contributed by atoms with Crippen LogP contribution in [0.3, 0.4) is 0 Å². The molecule has 2 N–H and O–H groups in total. The molecule has 2 aliphatic rings. The second-order valence-electron chi connectivity index (χ2n) is 7.53. The Balaban J connectivity index is 1.45. The van der Waals surface area contributed by atoms with Gasteiger partial charge < -0.3 is 20.3 Å². The number of hydrogen-bond donors (Lipinski definition) is 2. The van der Waals surface area contributed by atoms with Crippen molar-refractivity contribution < 1.29 is 4.74 Å². The predicted octanol–water partition coefficient (Wildman–Crippen LogP) is 1.79. The van der Waals surface area contributed by atoms with Gasteiger partial charge in [-0.2, -0.15) is 0 Å². The van der Waals surface area contributed by atoms with E-state index in [1.165, 1.54) is 12.1 Å². The molecule has 0 saturated carbocycles. The number of hydrogen-bond acceptors (Lipinski definition) is 4. The van der Waals surface area contributed by atoms with Gasteiger partial charge in [-0.3, -0.25) is 9.89 Å². The molecule has 2 fully saturated rings. The zero-order valence-corrected chi connectivity index (χ0v) is 16.9. The van der Waals surface area contributed by atoms with Crippen molar-refractivity contribution in [1.82, 2.24) is 15.5 Å². The Kier molecular flexibility index (Phi) is 7.78. The summed E-state index contributed by atoms with van der Waals surface area (Å²) in [5.41, 5.74) is 1.33. The van der Waals surface area contributed by atoms with Crippen molar-refractivity contribution in [2.75, 3.05) is 63.9 Å². The summed E-state index contributed by atoms with van der Waals surface area (Å²) >= 11 is 0. The lowest BCUT2D eigenvalue weighted by atomic mass is 10.1. The minimum atomic E-state index is 0.449. The molecule has 2 saturated heterocycles. The number of benzene rings is 1. The van der Waals surface area contributed by atoms with Crippen molar-refractivity contribution in [2.45, 2.75) is 26.3 Å². The number of rotatable bonds is 7. The second kappa shape index (κ2) is 10.5. The van der Waals surface area contributed by atoms with Crippen LogP contribution in [0.25, 0.3) is 0 Å². The van der Waals surface area contributed by atoms with Gasteiger partial charge in [0.05, 0.1) is 19.8 Å². The lowest BCUT2D eigenvalue weighted by Gasteiger charge is -2.31. The van der Waals surface area contributed by atoms with Crippen LogP contribution in [0.4, 0.5) is 5.69 Å². The van der Waals surface area contributed by atoms with Gasteiger partial charge in [0.2, 0.25) is 0 Å². The van der Waals surface area contributed by atoms with Gasteiger partial charge in [-0.15, -0.1) is 0 Å². The average molecular weight is 374 g/mol. The van der Waals surface area contributed by atoms with Crippen LogP contribution in [-0.4, -0.2) is 75.9 Å². The maximum absolute atomic E-state index is 5.44. The van der Waals surface area contributed by atoms with Gasteiger partial charge in [0, 0.05) is 51.0 Å². The van der Waals surface area contributed by atoms with Crippen LogP contribution in [0, 0.1) is 5.92 Å². The lowest BCUT2D eigenvalue weighted by molar-refractivity contribution is 0.0220. The number of aliphatic imine (C=N–C) groups is 1. The molecule has 3 rings (SSSR count). The Morgan fingerprint density at radius 3 is 2.70 bits per heavy atom. The van der Waals surface area contributed by atoms with Gasteiger partial charge in [-0.1, -0.05) is 18.2 Å². The number of morpholine rings is 1. The van der Waals surface area contributed by atoms with Gasteiger partial charge in [0.1, 0.15) is 0 Å². The zero-order chi connectivity index (χ0) is 18.9. The van der Waals surface area contributed by atoms with Crippen molar-refractivity contribution in [3.63, 3.8) is 0 Å². The summed E-state index contributed by atoms with van der Waals surface area (Å²) in [4.78, 5) is 9.77. The Hall–Kier alpha value is -1.79. The summed E-state index contributed by atoms with van der Waals surface area (Å²) in [5.74, 6) is 1.60. The van der Waals surface area contributed by atoms with Crippen LogP contribution in [-0.2, 0) is 4.74 Å².